The average molecular weight is 466 g/mol. The topological polar surface area (TPSA) is 64.8 Å². The standard InChI is InChI=1S/C24H21ClFN5O2/c25-18-4-2-1-3-16(18)23-22-20(5-8-33-23)29-21-11-19(26)17(14-31(21)22)15-12-27-24(28-13-15)30-6-9-32-10-7-30/h1-4,11-14,23H,5-10H2. The maximum absolute atomic E-state index is 15.1. The van der Waals surface area contributed by atoms with Crippen molar-refractivity contribution in [2.45, 2.75) is 12.5 Å². The Morgan fingerprint density at radius 2 is 1.85 bits per heavy atom. The van der Waals surface area contributed by atoms with Gasteiger partial charge < -0.3 is 14.4 Å². The lowest BCUT2D eigenvalue weighted by molar-refractivity contribution is 0.0655. The highest BCUT2D eigenvalue weighted by Gasteiger charge is 2.30. The Hall–Kier alpha value is -3.07. The quantitative estimate of drug-likeness (QED) is 0.454. The lowest BCUT2D eigenvalue weighted by atomic mass is 10.0. The van der Waals surface area contributed by atoms with Crippen LogP contribution in [0.2, 0.25) is 5.02 Å². The van der Waals surface area contributed by atoms with E-state index in [0.717, 1.165) is 30.0 Å². The molecule has 2 aliphatic heterocycles. The molecule has 33 heavy (non-hydrogen) atoms. The van der Waals surface area contributed by atoms with Crippen LogP contribution in [0.15, 0.2) is 48.9 Å². The van der Waals surface area contributed by atoms with Gasteiger partial charge >= 0.3 is 0 Å². The van der Waals surface area contributed by atoms with Crippen LogP contribution < -0.4 is 4.90 Å². The van der Waals surface area contributed by atoms with E-state index < -0.39 is 0 Å². The van der Waals surface area contributed by atoms with E-state index in [1.165, 1.54) is 6.07 Å². The summed E-state index contributed by atoms with van der Waals surface area (Å²) < 4.78 is 28.5. The number of halogens is 2. The monoisotopic (exact) mass is 465 g/mol. The number of rotatable bonds is 3. The summed E-state index contributed by atoms with van der Waals surface area (Å²) >= 11 is 6.48. The van der Waals surface area contributed by atoms with Crippen molar-refractivity contribution >= 4 is 23.2 Å². The zero-order valence-electron chi connectivity index (χ0n) is 17.7. The van der Waals surface area contributed by atoms with Gasteiger partial charge in [-0.15, -0.1) is 0 Å². The molecule has 5 heterocycles. The fraction of sp³-hybridized carbons (Fsp3) is 0.292. The van der Waals surface area contributed by atoms with Crippen LogP contribution >= 0.6 is 11.6 Å². The molecule has 2 aliphatic rings. The number of fused-ring (bicyclic) bond motifs is 3. The van der Waals surface area contributed by atoms with E-state index in [9.17, 15) is 0 Å². The van der Waals surface area contributed by atoms with Crippen LogP contribution in [0, 0.1) is 5.82 Å². The molecule has 1 unspecified atom stereocenters. The van der Waals surface area contributed by atoms with Crippen LogP contribution in [-0.2, 0) is 15.9 Å². The Bertz CT molecular complexity index is 1320. The number of benzene rings is 1. The first-order valence-electron chi connectivity index (χ1n) is 10.9. The second-order valence-corrected chi connectivity index (χ2v) is 8.51. The number of anilines is 1. The second kappa shape index (κ2) is 8.37. The van der Waals surface area contributed by atoms with Gasteiger partial charge in [-0.05, 0) is 6.07 Å². The molecule has 1 fully saturated rings. The third-order valence-electron chi connectivity index (χ3n) is 6.13. The summed E-state index contributed by atoms with van der Waals surface area (Å²) in [5.41, 5.74) is 4.17. The van der Waals surface area contributed by atoms with Crippen molar-refractivity contribution in [3.05, 3.63) is 76.7 Å². The number of ether oxygens (including phenoxy) is 2. The lowest BCUT2D eigenvalue weighted by Crippen LogP contribution is -2.37. The van der Waals surface area contributed by atoms with Gasteiger partial charge in [-0.3, -0.25) is 4.40 Å². The lowest BCUT2D eigenvalue weighted by Gasteiger charge is -2.26. The van der Waals surface area contributed by atoms with Gasteiger partial charge in [0.25, 0.3) is 0 Å². The summed E-state index contributed by atoms with van der Waals surface area (Å²) in [5, 5.41) is 0.625. The smallest absolute Gasteiger partial charge is 0.225 e. The molecule has 0 N–H and O–H groups in total. The van der Waals surface area contributed by atoms with E-state index in [1.807, 2.05) is 28.7 Å². The molecular formula is C24H21ClFN5O2. The van der Waals surface area contributed by atoms with Gasteiger partial charge in [-0.1, -0.05) is 29.8 Å². The Morgan fingerprint density at radius 1 is 1.06 bits per heavy atom. The number of nitrogens with zero attached hydrogens (tertiary/aromatic N) is 5. The van der Waals surface area contributed by atoms with Crippen molar-refractivity contribution in [1.82, 2.24) is 19.4 Å². The maximum atomic E-state index is 15.1. The molecule has 0 bridgehead atoms. The minimum absolute atomic E-state index is 0.372. The number of pyridine rings is 1. The molecule has 0 saturated carbocycles. The summed E-state index contributed by atoms with van der Waals surface area (Å²) in [7, 11) is 0. The number of imidazole rings is 1. The van der Waals surface area contributed by atoms with E-state index in [4.69, 9.17) is 21.1 Å². The fourth-order valence-corrected chi connectivity index (χ4v) is 4.70. The van der Waals surface area contributed by atoms with Gasteiger partial charge in [0, 0.05) is 65.9 Å². The molecule has 168 valence electrons. The third-order valence-corrected chi connectivity index (χ3v) is 6.47. The van der Waals surface area contributed by atoms with Gasteiger partial charge in [0.15, 0.2) is 0 Å². The van der Waals surface area contributed by atoms with Crippen LogP contribution in [0.4, 0.5) is 10.3 Å². The molecule has 0 amide bonds. The number of hydrogen-bond donors (Lipinski definition) is 0. The van der Waals surface area contributed by atoms with E-state index >= 15 is 4.39 Å². The van der Waals surface area contributed by atoms with Crippen molar-refractivity contribution in [2.75, 3.05) is 37.8 Å². The summed E-state index contributed by atoms with van der Waals surface area (Å²) in [4.78, 5) is 15.7. The first kappa shape index (κ1) is 20.5. The van der Waals surface area contributed by atoms with Crippen molar-refractivity contribution in [3.63, 3.8) is 0 Å². The van der Waals surface area contributed by atoms with Gasteiger partial charge in [0.05, 0.1) is 31.2 Å². The SMILES string of the molecule is Fc1cc2nc3c(n2cc1-c1cnc(N2CCOCC2)nc1)C(c1ccccc1Cl)OCC3. The minimum atomic E-state index is -0.379. The molecular weight excluding hydrogens is 445 g/mol. The number of hydrogen-bond acceptors (Lipinski definition) is 6. The molecule has 6 rings (SSSR count). The Morgan fingerprint density at radius 3 is 2.64 bits per heavy atom. The summed E-state index contributed by atoms with van der Waals surface area (Å²) in [5.74, 6) is 0.249. The van der Waals surface area contributed by atoms with Crippen LogP contribution in [0.5, 0.6) is 0 Å². The van der Waals surface area contributed by atoms with Crippen molar-refractivity contribution in [2.24, 2.45) is 0 Å². The van der Waals surface area contributed by atoms with Crippen LogP contribution in [0.25, 0.3) is 16.8 Å². The van der Waals surface area contributed by atoms with E-state index in [1.54, 1.807) is 18.6 Å². The highest BCUT2D eigenvalue weighted by atomic mass is 35.5. The molecule has 0 aliphatic carbocycles. The highest BCUT2D eigenvalue weighted by Crippen LogP contribution is 2.37. The van der Waals surface area contributed by atoms with E-state index in [-0.39, 0.29) is 11.9 Å². The van der Waals surface area contributed by atoms with Gasteiger partial charge in [-0.25, -0.2) is 19.3 Å². The summed E-state index contributed by atoms with van der Waals surface area (Å²) in [6.45, 7) is 3.31. The van der Waals surface area contributed by atoms with E-state index in [0.29, 0.717) is 54.0 Å². The summed E-state index contributed by atoms with van der Waals surface area (Å²) in [6, 6.07) is 9.06. The van der Waals surface area contributed by atoms with Crippen molar-refractivity contribution in [1.29, 1.82) is 0 Å². The van der Waals surface area contributed by atoms with Crippen LogP contribution in [0.3, 0.4) is 0 Å². The fourth-order valence-electron chi connectivity index (χ4n) is 4.47. The average Bonchev–Trinajstić information content (AvgIpc) is 3.22. The predicted octanol–water partition coefficient (Wildman–Crippen LogP) is 4.08. The number of aromatic nitrogens is 4. The molecule has 7 nitrogen and oxygen atoms in total. The Labute approximate surface area is 194 Å². The Balaban J connectivity index is 1.43. The molecule has 0 radical (unpaired) electrons. The van der Waals surface area contributed by atoms with Gasteiger partial charge in [0.1, 0.15) is 17.6 Å². The van der Waals surface area contributed by atoms with E-state index in [2.05, 4.69) is 19.9 Å². The zero-order chi connectivity index (χ0) is 22.4. The predicted molar refractivity (Wildman–Crippen MR) is 122 cm³/mol. The maximum Gasteiger partial charge on any atom is 0.225 e. The highest BCUT2D eigenvalue weighted by molar-refractivity contribution is 6.31. The minimum Gasteiger partial charge on any atom is -0.378 e. The Kier molecular flexibility index (Phi) is 5.21. The van der Waals surface area contributed by atoms with Gasteiger partial charge in [0.2, 0.25) is 5.95 Å². The van der Waals surface area contributed by atoms with Crippen molar-refractivity contribution in [3.8, 4) is 11.1 Å². The van der Waals surface area contributed by atoms with Crippen LogP contribution in [0.1, 0.15) is 23.1 Å². The first-order valence-corrected chi connectivity index (χ1v) is 11.3. The van der Waals surface area contributed by atoms with Crippen LogP contribution in [-0.4, -0.2) is 52.3 Å². The normalized spacial score (nSPS) is 18.5. The molecule has 3 aromatic heterocycles. The first-order chi connectivity index (χ1) is 16.2. The number of morpholine rings is 1. The molecule has 4 aromatic rings. The molecule has 9 heteroatoms. The largest absolute Gasteiger partial charge is 0.378 e. The molecule has 1 saturated heterocycles. The summed E-state index contributed by atoms with van der Waals surface area (Å²) in [6.07, 6.45) is 5.35. The molecule has 0 spiro atoms. The second-order valence-electron chi connectivity index (χ2n) is 8.10. The molecule has 1 atom stereocenters. The van der Waals surface area contributed by atoms with Crippen molar-refractivity contribution < 1.29 is 13.9 Å². The third kappa shape index (κ3) is 3.64. The van der Waals surface area contributed by atoms with Gasteiger partial charge in [-0.2, -0.15) is 0 Å². The zero-order valence-corrected chi connectivity index (χ0v) is 18.5. The molecule has 1 aromatic carbocycles.